The molecule has 0 aromatic heterocycles. The highest BCUT2D eigenvalue weighted by molar-refractivity contribution is 8.13. The van der Waals surface area contributed by atoms with Crippen molar-refractivity contribution < 1.29 is 13.2 Å². The Balaban J connectivity index is 2.37. The maximum Gasteiger partial charge on any atom is 0.261 e. The number of amides is 1. The summed E-state index contributed by atoms with van der Waals surface area (Å²) in [5.41, 5.74) is 0.252. The fourth-order valence-corrected chi connectivity index (χ4v) is 3.72. The van der Waals surface area contributed by atoms with E-state index in [4.69, 9.17) is 22.3 Å². The van der Waals surface area contributed by atoms with Crippen LogP contribution >= 0.6 is 22.3 Å². The standard InChI is InChI=1S/C14H17Cl2NO3S/c1-9-4-3-5-17(10(9)2)14(18)11-6-12(15)8-13(7-11)21(16,19)20/h6-10H,3-5H2,1-2H3. The van der Waals surface area contributed by atoms with Gasteiger partial charge in [0.15, 0.2) is 0 Å². The van der Waals surface area contributed by atoms with Crippen LogP contribution in [0, 0.1) is 5.92 Å². The fraction of sp³-hybridized carbons (Fsp3) is 0.500. The smallest absolute Gasteiger partial charge is 0.261 e. The number of carbonyl (C=O) groups excluding carboxylic acids is 1. The van der Waals surface area contributed by atoms with Gasteiger partial charge in [0.1, 0.15) is 0 Å². The monoisotopic (exact) mass is 349 g/mol. The summed E-state index contributed by atoms with van der Waals surface area (Å²) in [6, 6.07) is 4.11. The Labute approximate surface area is 134 Å². The Morgan fingerprint density at radius 1 is 1.29 bits per heavy atom. The van der Waals surface area contributed by atoms with Crippen molar-refractivity contribution in [3.8, 4) is 0 Å². The summed E-state index contributed by atoms with van der Waals surface area (Å²) >= 11 is 5.91. The molecule has 0 bridgehead atoms. The molecule has 0 radical (unpaired) electrons. The molecule has 2 rings (SSSR count). The minimum Gasteiger partial charge on any atom is -0.336 e. The molecule has 1 heterocycles. The largest absolute Gasteiger partial charge is 0.336 e. The van der Waals surface area contributed by atoms with Gasteiger partial charge in [-0.25, -0.2) is 8.42 Å². The van der Waals surface area contributed by atoms with E-state index in [1.807, 2.05) is 6.92 Å². The minimum atomic E-state index is -3.92. The lowest BCUT2D eigenvalue weighted by Crippen LogP contribution is -2.46. The third-order valence-electron chi connectivity index (χ3n) is 4.03. The normalized spacial score (nSPS) is 23.1. The van der Waals surface area contributed by atoms with Gasteiger partial charge in [-0.2, -0.15) is 0 Å². The zero-order chi connectivity index (χ0) is 15.8. The maximum atomic E-state index is 12.6. The van der Waals surface area contributed by atoms with Crippen molar-refractivity contribution in [3.63, 3.8) is 0 Å². The molecule has 2 atom stereocenters. The minimum absolute atomic E-state index is 0.112. The van der Waals surface area contributed by atoms with Crippen molar-refractivity contribution in [2.75, 3.05) is 6.54 Å². The van der Waals surface area contributed by atoms with Gasteiger partial charge in [-0.3, -0.25) is 4.79 Å². The van der Waals surface area contributed by atoms with Crippen molar-refractivity contribution in [3.05, 3.63) is 28.8 Å². The molecule has 0 N–H and O–H groups in total. The van der Waals surface area contributed by atoms with Crippen LogP contribution in [0.4, 0.5) is 0 Å². The van der Waals surface area contributed by atoms with E-state index in [-0.39, 0.29) is 27.4 Å². The molecule has 1 aliphatic heterocycles. The lowest BCUT2D eigenvalue weighted by molar-refractivity contribution is 0.0551. The van der Waals surface area contributed by atoms with E-state index in [0.717, 1.165) is 12.8 Å². The Bertz CT molecular complexity index is 660. The second-order valence-corrected chi connectivity index (χ2v) is 8.47. The summed E-state index contributed by atoms with van der Waals surface area (Å²) in [6.45, 7) is 4.78. The van der Waals surface area contributed by atoms with Crippen molar-refractivity contribution in [2.24, 2.45) is 5.92 Å². The summed E-state index contributed by atoms with van der Waals surface area (Å²) in [6.07, 6.45) is 2.03. The van der Waals surface area contributed by atoms with E-state index in [0.29, 0.717) is 12.5 Å². The van der Waals surface area contributed by atoms with E-state index >= 15 is 0 Å². The quantitative estimate of drug-likeness (QED) is 0.767. The van der Waals surface area contributed by atoms with Gasteiger partial charge in [0.2, 0.25) is 0 Å². The first-order valence-corrected chi connectivity index (χ1v) is 9.45. The number of hydrogen-bond donors (Lipinski definition) is 0. The molecular weight excluding hydrogens is 333 g/mol. The summed E-state index contributed by atoms with van der Waals surface area (Å²) in [7, 11) is 1.41. The summed E-state index contributed by atoms with van der Waals surface area (Å²) < 4.78 is 22.9. The second kappa shape index (κ2) is 6.15. The Kier molecular flexibility index (Phi) is 4.85. The van der Waals surface area contributed by atoms with Gasteiger partial charge in [-0.15, -0.1) is 0 Å². The highest BCUT2D eigenvalue weighted by atomic mass is 35.7. The molecule has 1 aliphatic rings. The SMILES string of the molecule is CC1CCCN(C(=O)c2cc(Cl)cc(S(=O)(=O)Cl)c2)C1C. The molecule has 4 nitrogen and oxygen atoms in total. The van der Waals surface area contributed by atoms with E-state index in [1.165, 1.54) is 18.2 Å². The Hall–Kier alpha value is -0.780. The molecule has 116 valence electrons. The maximum absolute atomic E-state index is 12.6. The van der Waals surface area contributed by atoms with E-state index in [1.54, 1.807) is 4.90 Å². The van der Waals surface area contributed by atoms with E-state index < -0.39 is 9.05 Å². The first kappa shape index (κ1) is 16.6. The van der Waals surface area contributed by atoms with Crippen LogP contribution in [0.2, 0.25) is 5.02 Å². The molecule has 21 heavy (non-hydrogen) atoms. The van der Waals surface area contributed by atoms with E-state index in [2.05, 4.69) is 6.92 Å². The van der Waals surface area contributed by atoms with Crippen molar-refractivity contribution in [1.82, 2.24) is 4.90 Å². The van der Waals surface area contributed by atoms with Crippen LogP contribution in [-0.2, 0) is 9.05 Å². The van der Waals surface area contributed by atoms with Crippen molar-refractivity contribution >= 4 is 37.2 Å². The molecule has 0 spiro atoms. The van der Waals surface area contributed by atoms with E-state index in [9.17, 15) is 13.2 Å². The van der Waals surface area contributed by atoms with Gasteiger partial charge >= 0.3 is 0 Å². The summed E-state index contributed by atoms with van der Waals surface area (Å²) in [5.74, 6) is 0.205. The summed E-state index contributed by atoms with van der Waals surface area (Å²) in [5, 5.41) is 0.179. The van der Waals surface area contributed by atoms with Crippen LogP contribution in [0.25, 0.3) is 0 Å². The van der Waals surface area contributed by atoms with Crippen LogP contribution in [0.1, 0.15) is 37.0 Å². The number of rotatable bonds is 2. The third kappa shape index (κ3) is 3.71. The number of hydrogen-bond acceptors (Lipinski definition) is 3. The van der Waals surface area contributed by atoms with Gasteiger partial charge in [0, 0.05) is 33.9 Å². The molecule has 1 aromatic rings. The molecule has 1 aromatic carbocycles. The molecular formula is C14H17Cl2NO3S. The number of nitrogens with zero attached hydrogens (tertiary/aromatic N) is 1. The average Bonchev–Trinajstić information content (AvgIpc) is 2.39. The highest BCUT2D eigenvalue weighted by Gasteiger charge is 2.29. The number of benzene rings is 1. The topological polar surface area (TPSA) is 54.5 Å². The summed E-state index contributed by atoms with van der Waals surface area (Å²) in [4.78, 5) is 14.2. The zero-order valence-corrected chi connectivity index (χ0v) is 14.2. The number of carbonyl (C=O) groups is 1. The first-order valence-electron chi connectivity index (χ1n) is 6.76. The fourth-order valence-electron chi connectivity index (χ4n) is 2.61. The molecule has 2 unspecified atom stereocenters. The van der Waals surface area contributed by atoms with Gasteiger partial charge in [-0.1, -0.05) is 18.5 Å². The van der Waals surface area contributed by atoms with Crippen molar-refractivity contribution in [1.29, 1.82) is 0 Å². The molecule has 1 fully saturated rings. The first-order chi connectivity index (χ1) is 9.70. The Morgan fingerprint density at radius 2 is 1.95 bits per heavy atom. The van der Waals surface area contributed by atoms with Crippen LogP contribution in [0.3, 0.4) is 0 Å². The van der Waals surface area contributed by atoms with Gasteiger partial charge < -0.3 is 4.90 Å². The van der Waals surface area contributed by atoms with Gasteiger partial charge in [0.05, 0.1) is 4.90 Å². The lowest BCUT2D eigenvalue weighted by atomic mass is 9.91. The molecule has 0 aliphatic carbocycles. The predicted octanol–water partition coefficient (Wildman–Crippen LogP) is 3.53. The number of piperidine rings is 1. The highest BCUT2D eigenvalue weighted by Crippen LogP contribution is 2.27. The van der Waals surface area contributed by atoms with Gasteiger partial charge in [0.25, 0.3) is 15.0 Å². The molecule has 1 saturated heterocycles. The van der Waals surface area contributed by atoms with Gasteiger partial charge in [-0.05, 0) is 43.9 Å². The Morgan fingerprint density at radius 3 is 2.57 bits per heavy atom. The molecule has 7 heteroatoms. The van der Waals surface area contributed by atoms with Crippen LogP contribution in [0.15, 0.2) is 23.1 Å². The second-order valence-electron chi connectivity index (χ2n) is 5.47. The van der Waals surface area contributed by atoms with Crippen molar-refractivity contribution in [2.45, 2.75) is 37.6 Å². The average molecular weight is 350 g/mol. The molecule has 0 saturated carbocycles. The van der Waals surface area contributed by atoms with Crippen LogP contribution in [0.5, 0.6) is 0 Å². The number of halogens is 2. The molecule has 1 amide bonds. The lowest BCUT2D eigenvalue weighted by Gasteiger charge is -2.38. The number of likely N-dealkylation sites (tertiary alicyclic amines) is 1. The predicted molar refractivity (Wildman–Crippen MR) is 83.4 cm³/mol. The van der Waals surface area contributed by atoms with Crippen LogP contribution in [-0.4, -0.2) is 31.8 Å². The van der Waals surface area contributed by atoms with Crippen LogP contribution < -0.4 is 0 Å². The zero-order valence-electron chi connectivity index (χ0n) is 11.8. The third-order valence-corrected chi connectivity index (χ3v) is 5.59.